The van der Waals surface area contributed by atoms with Crippen molar-refractivity contribution in [2.24, 2.45) is 0 Å². The molecular formula is C29H21F3O3. The molecule has 0 aromatic heterocycles. The van der Waals surface area contributed by atoms with Gasteiger partial charge in [0.25, 0.3) is 0 Å². The van der Waals surface area contributed by atoms with Crippen molar-refractivity contribution < 1.29 is 27.4 Å². The van der Waals surface area contributed by atoms with Crippen LogP contribution in [0, 0.1) is 24.4 Å². The molecule has 0 fully saturated rings. The van der Waals surface area contributed by atoms with Crippen molar-refractivity contribution in [2.75, 3.05) is 6.61 Å². The molecule has 35 heavy (non-hydrogen) atoms. The normalized spacial score (nSPS) is 10.6. The Kier molecular flexibility index (Phi) is 7.01. The fraction of sp³-hybridized carbons (Fsp3) is 0.0690. The topological polar surface area (TPSA) is 35.5 Å². The number of halogens is 3. The van der Waals surface area contributed by atoms with Crippen LogP contribution >= 0.6 is 0 Å². The predicted molar refractivity (Wildman–Crippen MR) is 129 cm³/mol. The van der Waals surface area contributed by atoms with E-state index in [1.165, 1.54) is 54.6 Å². The maximum absolute atomic E-state index is 14.9. The number of esters is 1. The van der Waals surface area contributed by atoms with Gasteiger partial charge in [-0.15, -0.1) is 0 Å². The molecule has 0 radical (unpaired) electrons. The molecule has 0 spiro atoms. The first-order chi connectivity index (χ1) is 16.9. The zero-order valence-corrected chi connectivity index (χ0v) is 18.9. The largest absolute Gasteiger partial charge is 0.486 e. The Hall–Kier alpha value is -4.32. The zero-order valence-electron chi connectivity index (χ0n) is 18.9. The van der Waals surface area contributed by atoms with Gasteiger partial charge < -0.3 is 9.47 Å². The van der Waals surface area contributed by atoms with Gasteiger partial charge in [-0.05, 0) is 42.3 Å². The van der Waals surface area contributed by atoms with Crippen molar-refractivity contribution in [3.05, 3.63) is 120 Å². The Bertz CT molecular complexity index is 1380. The van der Waals surface area contributed by atoms with Gasteiger partial charge in [0.2, 0.25) is 0 Å². The Morgan fingerprint density at radius 3 is 1.94 bits per heavy atom. The van der Waals surface area contributed by atoms with Gasteiger partial charge in [0, 0.05) is 17.2 Å². The molecule has 3 nitrogen and oxygen atoms in total. The molecule has 0 aliphatic heterocycles. The Labute approximate surface area is 201 Å². The lowest BCUT2D eigenvalue weighted by molar-refractivity contribution is 0.0734. The summed E-state index contributed by atoms with van der Waals surface area (Å²) in [6.07, 6.45) is 1.48. The first-order valence-corrected chi connectivity index (χ1v) is 10.8. The highest BCUT2D eigenvalue weighted by Crippen LogP contribution is 2.32. The molecule has 4 aromatic rings. The third-order valence-electron chi connectivity index (χ3n) is 5.35. The molecule has 0 saturated heterocycles. The Balaban J connectivity index is 1.51. The van der Waals surface area contributed by atoms with Crippen LogP contribution in [0.4, 0.5) is 13.2 Å². The summed E-state index contributed by atoms with van der Waals surface area (Å²) < 4.78 is 54.1. The summed E-state index contributed by atoms with van der Waals surface area (Å²) >= 11 is 0. The van der Waals surface area contributed by atoms with Crippen molar-refractivity contribution >= 4 is 5.97 Å². The van der Waals surface area contributed by atoms with Gasteiger partial charge in [-0.3, -0.25) is 0 Å². The van der Waals surface area contributed by atoms with Crippen LogP contribution in [0.15, 0.2) is 91.5 Å². The standard InChI is InChI=1S/C29H21F3O3/c1-3-16-34-26-15-12-22(17-25(26)30)35-29(33)21-10-8-20(9-11-21)24-14-13-23(27(31)28(24)32)19-6-4-18(2)5-7-19/h3-15,17H,1,16H2,2H3. The number of hydrogen-bond acceptors (Lipinski definition) is 3. The van der Waals surface area contributed by atoms with Gasteiger partial charge in [0.15, 0.2) is 23.2 Å². The predicted octanol–water partition coefficient (Wildman–Crippen LogP) is 7.53. The van der Waals surface area contributed by atoms with E-state index in [0.717, 1.165) is 11.6 Å². The van der Waals surface area contributed by atoms with Crippen molar-refractivity contribution in [2.45, 2.75) is 6.92 Å². The second-order valence-corrected chi connectivity index (χ2v) is 7.81. The van der Waals surface area contributed by atoms with Crippen LogP contribution < -0.4 is 9.47 Å². The molecular weight excluding hydrogens is 453 g/mol. The van der Waals surface area contributed by atoms with Gasteiger partial charge in [-0.1, -0.05) is 66.7 Å². The molecule has 0 heterocycles. The van der Waals surface area contributed by atoms with E-state index in [4.69, 9.17) is 9.47 Å². The highest BCUT2D eigenvalue weighted by atomic mass is 19.2. The highest BCUT2D eigenvalue weighted by Gasteiger charge is 2.17. The van der Waals surface area contributed by atoms with Gasteiger partial charge in [-0.25, -0.2) is 18.0 Å². The number of aryl methyl sites for hydroxylation is 1. The summed E-state index contributed by atoms with van der Waals surface area (Å²) in [5.74, 6) is -3.32. The molecule has 176 valence electrons. The quantitative estimate of drug-likeness (QED) is 0.158. The lowest BCUT2D eigenvalue weighted by Crippen LogP contribution is -2.08. The first kappa shape index (κ1) is 23.8. The van der Waals surface area contributed by atoms with Crippen LogP contribution in [0.2, 0.25) is 0 Å². The molecule has 6 heteroatoms. The van der Waals surface area contributed by atoms with Gasteiger partial charge >= 0.3 is 5.97 Å². The van der Waals surface area contributed by atoms with Crippen LogP contribution in [0.3, 0.4) is 0 Å². The van der Waals surface area contributed by atoms with Gasteiger partial charge in [0.05, 0.1) is 5.56 Å². The maximum atomic E-state index is 14.9. The number of benzene rings is 4. The highest BCUT2D eigenvalue weighted by molar-refractivity contribution is 5.91. The monoisotopic (exact) mass is 474 g/mol. The molecule has 0 unspecified atom stereocenters. The third kappa shape index (κ3) is 5.27. The molecule has 0 N–H and O–H groups in total. The summed E-state index contributed by atoms with van der Waals surface area (Å²) in [6, 6.07) is 19.8. The summed E-state index contributed by atoms with van der Waals surface area (Å²) in [7, 11) is 0. The van der Waals surface area contributed by atoms with E-state index < -0.39 is 23.4 Å². The van der Waals surface area contributed by atoms with Crippen molar-refractivity contribution in [3.8, 4) is 33.8 Å². The summed E-state index contributed by atoms with van der Waals surface area (Å²) in [6.45, 7) is 5.55. The first-order valence-electron chi connectivity index (χ1n) is 10.8. The Morgan fingerprint density at radius 2 is 1.40 bits per heavy atom. The summed E-state index contributed by atoms with van der Waals surface area (Å²) in [5, 5.41) is 0. The van der Waals surface area contributed by atoms with Crippen molar-refractivity contribution in [1.29, 1.82) is 0 Å². The lowest BCUT2D eigenvalue weighted by Gasteiger charge is -2.10. The lowest BCUT2D eigenvalue weighted by atomic mass is 9.98. The number of rotatable bonds is 7. The second-order valence-electron chi connectivity index (χ2n) is 7.81. The van der Waals surface area contributed by atoms with Crippen LogP contribution in [0.5, 0.6) is 11.5 Å². The fourth-order valence-electron chi connectivity index (χ4n) is 3.49. The minimum absolute atomic E-state index is 0.00217. The number of carbonyl (C=O) groups is 1. The van der Waals surface area contributed by atoms with Crippen LogP contribution in [0.25, 0.3) is 22.3 Å². The molecule has 4 aromatic carbocycles. The van der Waals surface area contributed by atoms with Gasteiger partial charge in [0.1, 0.15) is 12.4 Å². The van der Waals surface area contributed by atoms with Crippen LogP contribution in [-0.2, 0) is 0 Å². The number of ether oxygens (including phenoxy) is 2. The summed E-state index contributed by atoms with van der Waals surface area (Å²) in [4.78, 5) is 12.5. The molecule has 0 aliphatic carbocycles. The second kappa shape index (κ2) is 10.3. The zero-order chi connectivity index (χ0) is 24.9. The molecule has 0 amide bonds. The van der Waals surface area contributed by atoms with Gasteiger partial charge in [-0.2, -0.15) is 0 Å². The minimum atomic E-state index is -0.979. The number of carbonyl (C=O) groups excluding carboxylic acids is 1. The molecule has 0 atom stereocenters. The SMILES string of the molecule is C=CCOc1ccc(OC(=O)c2ccc(-c3ccc(-c4ccc(C)cc4)c(F)c3F)cc2)cc1F. The van der Waals surface area contributed by atoms with E-state index in [1.54, 1.807) is 12.1 Å². The van der Waals surface area contributed by atoms with E-state index in [9.17, 15) is 18.0 Å². The molecule has 0 saturated carbocycles. The van der Waals surface area contributed by atoms with Crippen LogP contribution in [0.1, 0.15) is 15.9 Å². The van der Waals surface area contributed by atoms with E-state index in [0.29, 0.717) is 11.1 Å². The smallest absolute Gasteiger partial charge is 0.343 e. The Morgan fingerprint density at radius 1 is 0.829 bits per heavy atom. The van der Waals surface area contributed by atoms with Crippen molar-refractivity contribution in [1.82, 2.24) is 0 Å². The molecule has 4 rings (SSSR count). The van der Waals surface area contributed by atoms with E-state index in [1.807, 2.05) is 19.1 Å². The third-order valence-corrected chi connectivity index (χ3v) is 5.35. The molecule has 0 aliphatic rings. The van der Waals surface area contributed by atoms with Crippen molar-refractivity contribution in [3.63, 3.8) is 0 Å². The summed E-state index contributed by atoms with van der Waals surface area (Å²) in [5.41, 5.74) is 2.38. The maximum Gasteiger partial charge on any atom is 0.343 e. The number of hydrogen-bond donors (Lipinski definition) is 0. The minimum Gasteiger partial charge on any atom is -0.486 e. The van der Waals surface area contributed by atoms with E-state index in [2.05, 4.69) is 6.58 Å². The van der Waals surface area contributed by atoms with E-state index in [-0.39, 0.29) is 34.8 Å². The average Bonchev–Trinajstić information content (AvgIpc) is 2.86. The van der Waals surface area contributed by atoms with E-state index >= 15 is 0 Å². The average molecular weight is 474 g/mol. The van der Waals surface area contributed by atoms with Crippen LogP contribution in [-0.4, -0.2) is 12.6 Å². The molecule has 0 bridgehead atoms. The fourth-order valence-corrected chi connectivity index (χ4v) is 3.49.